The van der Waals surface area contributed by atoms with E-state index in [2.05, 4.69) is 62.4 Å². The number of hydrogen-bond donors (Lipinski definition) is 1. The zero-order valence-corrected chi connectivity index (χ0v) is 18.8. The van der Waals surface area contributed by atoms with Crippen LogP contribution < -0.4 is 5.46 Å². The van der Waals surface area contributed by atoms with E-state index in [1.54, 1.807) is 13.8 Å². The van der Waals surface area contributed by atoms with Crippen LogP contribution in [0.25, 0.3) is 22.4 Å². The number of hydrogen-bond acceptors (Lipinski definition) is 3. The van der Waals surface area contributed by atoms with Crippen molar-refractivity contribution >= 4 is 12.9 Å². The SMILES string of the molecule is CC1(C)c2ccccc2-c2ccc(-c3ccc(BOC(C)(C)C(C)(C)O)cn3)cc21. The predicted octanol–water partition coefficient (Wildman–Crippen LogP) is 4.60. The molecule has 154 valence electrons. The van der Waals surface area contributed by atoms with Gasteiger partial charge in [0.15, 0.2) is 0 Å². The Balaban J connectivity index is 1.58. The lowest BCUT2D eigenvalue weighted by Crippen LogP contribution is -2.49. The van der Waals surface area contributed by atoms with Crippen LogP contribution in [0.15, 0.2) is 60.8 Å². The summed E-state index contributed by atoms with van der Waals surface area (Å²) in [5.41, 5.74) is 6.87. The molecule has 0 atom stereocenters. The number of benzene rings is 2. The summed E-state index contributed by atoms with van der Waals surface area (Å²) in [5, 5.41) is 10.3. The summed E-state index contributed by atoms with van der Waals surface area (Å²) in [5.74, 6) is 0. The third-order valence-electron chi connectivity index (χ3n) is 6.78. The molecule has 4 heteroatoms. The molecular weight excluding hydrogens is 369 g/mol. The van der Waals surface area contributed by atoms with Gasteiger partial charge in [-0.25, -0.2) is 0 Å². The average molecular weight is 399 g/mol. The summed E-state index contributed by atoms with van der Waals surface area (Å²) >= 11 is 0. The van der Waals surface area contributed by atoms with E-state index >= 15 is 0 Å². The monoisotopic (exact) mass is 399 g/mol. The third-order valence-corrected chi connectivity index (χ3v) is 6.78. The topological polar surface area (TPSA) is 42.4 Å². The van der Waals surface area contributed by atoms with Crippen molar-refractivity contribution in [1.82, 2.24) is 4.98 Å². The number of aromatic nitrogens is 1. The van der Waals surface area contributed by atoms with Crippen molar-refractivity contribution in [1.29, 1.82) is 0 Å². The maximum Gasteiger partial charge on any atom is 0.311 e. The molecule has 1 aromatic heterocycles. The van der Waals surface area contributed by atoms with E-state index < -0.39 is 11.2 Å². The van der Waals surface area contributed by atoms with E-state index in [1.165, 1.54) is 22.3 Å². The molecule has 3 nitrogen and oxygen atoms in total. The molecule has 1 N–H and O–H groups in total. The zero-order valence-electron chi connectivity index (χ0n) is 18.8. The molecule has 30 heavy (non-hydrogen) atoms. The first-order valence-corrected chi connectivity index (χ1v) is 10.6. The lowest BCUT2D eigenvalue weighted by atomic mass is 9.81. The molecule has 0 radical (unpaired) electrons. The minimum absolute atomic E-state index is 0.0155. The Labute approximate surface area is 180 Å². The molecule has 0 spiro atoms. The summed E-state index contributed by atoms with van der Waals surface area (Å²) in [6.07, 6.45) is 1.86. The molecule has 2 aromatic carbocycles. The molecule has 0 amide bonds. The maximum absolute atomic E-state index is 10.3. The first-order valence-electron chi connectivity index (χ1n) is 10.6. The van der Waals surface area contributed by atoms with Gasteiger partial charge >= 0.3 is 7.48 Å². The maximum atomic E-state index is 10.3. The highest BCUT2D eigenvalue weighted by Gasteiger charge is 2.36. The van der Waals surface area contributed by atoms with Crippen molar-refractivity contribution in [3.8, 4) is 22.4 Å². The zero-order chi connectivity index (χ0) is 21.7. The van der Waals surface area contributed by atoms with Crippen LogP contribution in [-0.4, -0.2) is 28.8 Å². The van der Waals surface area contributed by atoms with Crippen LogP contribution in [0.1, 0.15) is 52.7 Å². The van der Waals surface area contributed by atoms with E-state index in [0.717, 1.165) is 16.7 Å². The van der Waals surface area contributed by atoms with E-state index in [-0.39, 0.29) is 5.41 Å². The van der Waals surface area contributed by atoms with Gasteiger partial charge in [-0.2, -0.15) is 0 Å². The van der Waals surface area contributed by atoms with Crippen LogP contribution in [0.2, 0.25) is 0 Å². The molecule has 1 aliphatic rings. The van der Waals surface area contributed by atoms with Crippen molar-refractivity contribution in [2.75, 3.05) is 0 Å². The minimum atomic E-state index is -0.921. The number of fused-ring (bicyclic) bond motifs is 3. The Morgan fingerprint density at radius 2 is 1.60 bits per heavy atom. The second-order valence-electron chi connectivity index (χ2n) is 9.84. The molecule has 0 unspecified atom stereocenters. The quantitative estimate of drug-likeness (QED) is 0.638. The van der Waals surface area contributed by atoms with Crippen molar-refractivity contribution in [3.05, 3.63) is 71.9 Å². The fourth-order valence-electron chi connectivity index (χ4n) is 3.98. The Hall–Kier alpha value is -2.43. The predicted molar refractivity (Wildman–Crippen MR) is 125 cm³/mol. The summed E-state index contributed by atoms with van der Waals surface area (Å²) in [4.78, 5) is 4.69. The van der Waals surface area contributed by atoms with E-state index in [4.69, 9.17) is 9.64 Å². The van der Waals surface area contributed by atoms with E-state index in [9.17, 15) is 5.11 Å². The Bertz CT molecular complexity index is 1080. The number of rotatable bonds is 5. The smallest absolute Gasteiger partial charge is 0.311 e. The number of nitrogens with zero attached hydrogens (tertiary/aromatic N) is 1. The highest BCUT2D eigenvalue weighted by Crippen LogP contribution is 2.49. The average Bonchev–Trinajstić information content (AvgIpc) is 2.93. The van der Waals surface area contributed by atoms with Crippen molar-refractivity contribution in [2.24, 2.45) is 0 Å². The summed E-state index contributed by atoms with van der Waals surface area (Å²) in [6, 6.07) is 19.4. The molecular formula is C26H30BNO2. The van der Waals surface area contributed by atoms with Gasteiger partial charge in [0.25, 0.3) is 0 Å². The molecule has 0 saturated carbocycles. The first kappa shape index (κ1) is 20.8. The van der Waals surface area contributed by atoms with E-state index in [1.807, 2.05) is 26.1 Å². The standard InChI is InChI=1S/C26H30BNO2/c1-24(2)21-10-8-7-9-19(21)20-13-11-17(15-22(20)24)23-14-12-18(16-28-23)27-30-26(5,6)25(3,4)29/h7-16,27,29H,1-6H3. The Morgan fingerprint density at radius 1 is 0.900 bits per heavy atom. The molecule has 4 rings (SSSR count). The second kappa shape index (κ2) is 7.07. The van der Waals surface area contributed by atoms with Crippen LogP contribution in [-0.2, 0) is 10.1 Å². The third kappa shape index (κ3) is 3.48. The highest BCUT2D eigenvalue weighted by atomic mass is 16.5. The van der Waals surface area contributed by atoms with Crippen molar-refractivity contribution < 1.29 is 9.76 Å². The number of aliphatic hydroxyl groups is 1. The molecule has 0 saturated heterocycles. The number of pyridine rings is 1. The Kier molecular flexibility index (Phi) is 4.91. The van der Waals surface area contributed by atoms with Crippen molar-refractivity contribution in [3.63, 3.8) is 0 Å². The first-order chi connectivity index (χ1) is 14.0. The van der Waals surface area contributed by atoms with Gasteiger partial charge in [0.1, 0.15) is 0 Å². The van der Waals surface area contributed by atoms with E-state index in [0.29, 0.717) is 7.48 Å². The van der Waals surface area contributed by atoms with Gasteiger partial charge in [-0.15, -0.1) is 0 Å². The molecule has 1 aliphatic carbocycles. The lowest BCUT2D eigenvalue weighted by Gasteiger charge is -2.37. The van der Waals surface area contributed by atoms with Crippen LogP contribution >= 0.6 is 0 Å². The van der Waals surface area contributed by atoms with Gasteiger partial charge in [-0.05, 0) is 67.5 Å². The molecule has 1 heterocycles. The largest absolute Gasteiger partial charge is 0.427 e. The van der Waals surface area contributed by atoms with Crippen LogP contribution in [0.3, 0.4) is 0 Å². The normalized spacial score (nSPS) is 14.9. The van der Waals surface area contributed by atoms with Gasteiger partial charge in [0, 0.05) is 17.2 Å². The van der Waals surface area contributed by atoms with Gasteiger partial charge in [0.05, 0.1) is 16.9 Å². The van der Waals surface area contributed by atoms with Gasteiger partial charge in [-0.3, -0.25) is 4.98 Å². The Morgan fingerprint density at radius 3 is 2.27 bits per heavy atom. The molecule has 0 aliphatic heterocycles. The van der Waals surface area contributed by atoms with Gasteiger partial charge in [-0.1, -0.05) is 56.3 Å². The summed E-state index contributed by atoms with van der Waals surface area (Å²) in [7, 11) is 0.413. The molecule has 0 bridgehead atoms. The van der Waals surface area contributed by atoms with Crippen LogP contribution in [0, 0.1) is 0 Å². The van der Waals surface area contributed by atoms with Crippen LogP contribution in [0.5, 0.6) is 0 Å². The molecule has 0 fully saturated rings. The summed E-state index contributed by atoms with van der Waals surface area (Å²) in [6.45, 7) is 11.9. The fraction of sp³-hybridized carbons (Fsp3) is 0.346. The van der Waals surface area contributed by atoms with Gasteiger partial charge in [0.2, 0.25) is 0 Å². The lowest BCUT2D eigenvalue weighted by molar-refractivity contribution is -0.0893. The minimum Gasteiger partial charge on any atom is -0.427 e. The summed E-state index contributed by atoms with van der Waals surface area (Å²) < 4.78 is 5.96. The van der Waals surface area contributed by atoms with Crippen LogP contribution in [0.4, 0.5) is 0 Å². The second-order valence-corrected chi connectivity index (χ2v) is 9.84. The molecule has 3 aromatic rings. The highest BCUT2D eigenvalue weighted by molar-refractivity contribution is 6.46. The van der Waals surface area contributed by atoms with Crippen molar-refractivity contribution in [2.45, 2.75) is 58.2 Å². The van der Waals surface area contributed by atoms with Gasteiger partial charge < -0.3 is 9.76 Å². The fourth-order valence-corrected chi connectivity index (χ4v) is 3.98.